The third-order valence-corrected chi connectivity index (χ3v) is 7.00. The third-order valence-electron chi connectivity index (χ3n) is 7.00. The van der Waals surface area contributed by atoms with Crippen molar-refractivity contribution >= 4 is 22.8 Å². The molecule has 4 rings (SSSR count). The minimum absolute atomic E-state index is 0.0770. The van der Waals surface area contributed by atoms with Crippen molar-refractivity contribution in [3.05, 3.63) is 65.5 Å². The van der Waals surface area contributed by atoms with Gasteiger partial charge in [0.2, 0.25) is 11.8 Å². The number of amides is 2. The second kappa shape index (κ2) is 12.5. The van der Waals surface area contributed by atoms with Crippen LogP contribution in [-0.4, -0.2) is 45.9 Å². The molecule has 2 amide bonds. The molecule has 0 aliphatic carbocycles. The molecule has 1 saturated heterocycles. The second-order valence-corrected chi connectivity index (χ2v) is 9.66. The number of likely N-dealkylation sites (tertiary alicyclic amines) is 1. The molecule has 3 aromatic rings. The highest BCUT2D eigenvalue weighted by Crippen LogP contribution is 2.19. The van der Waals surface area contributed by atoms with E-state index in [2.05, 4.69) is 16.0 Å². The van der Waals surface area contributed by atoms with Gasteiger partial charge in [-0.3, -0.25) is 9.59 Å². The number of aryl methyl sites for hydroxylation is 2. The fraction of sp³-hybridized carbons (Fsp3) is 0.483. The van der Waals surface area contributed by atoms with Gasteiger partial charge >= 0.3 is 0 Å². The van der Waals surface area contributed by atoms with Gasteiger partial charge in [-0.2, -0.15) is 0 Å². The summed E-state index contributed by atoms with van der Waals surface area (Å²) in [6, 6.07) is 16.1. The maximum atomic E-state index is 13.1. The van der Waals surface area contributed by atoms with E-state index in [4.69, 9.17) is 4.98 Å². The Morgan fingerprint density at radius 1 is 0.914 bits per heavy atom. The van der Waals surface area contributed by atoms with Gasteiger partial charge in [0.15, 0.2) is 0 Å². The van der Waals surface area contributed by atoms with Crippen LogP contribution >= 0.6 is 0 Å². The lowest BCUT2D eigenvalue weighted by Gasteiger charge is -2.21. The van der Waals surface area contributed by atoms with E-state index in [1.54, 1.807) is 0 Å². The summed E-state index contributed by atoms with van der Waals surface area (Å²) in [6.45, 7) is 4.84. The fourth-order valence-electron chi connectivity index (χ4n) is 4.90. The summed E-state index contributed by atoms with van der Waals surface area (Å²) < 4.78 is 2.12. The summed E-state index contributed by atoms with van der Waals surface area (Å²) in [5, 5.41) is 3.05. The van der Waals surface area contributed by atoms with Crippen LogP contribution in [0.15, 0.2) is 48.5 Å². The Hall–Kier alpha value is -3.15. The second-order valence-electron chi connectivity index (χ2n) is 9.66. The summed E-state index contributed by atoms with van der Waals surface area (Å²) in [6.07, 6.45) is 8.83. The van der Waals surface area contributed by atoms with Gasteiger partial charge in [0, 0.05) is 26.1 Å². The van der Waals surface area contributed by atoms with Crippen LogP contribution in [0.3, 0.4) is 0 Å². The van der Waals surface area contributed by atoms with E-state index < -0.39 is 0 Å². The Bertz CT molecular complexity index is 1130. The number of nitrogens with one attached hydrogen (secondary N) is 1. The summed E-state index contributed by atoms with van der Waals surface area (Å²) in [7, 11) is 0. The number of benzene rings is 2. The zero-order valence-electron chi connectivity index (χ0n) is 21.0. The third kappa shape index (κ3) is 6.93. The van der Waals surface area contributed by atoms with Crippen LogP contribution in [0.4, 0.5) is 0 Å². The Morgan fingerprint density at radius 2 is 1.66 bits per heavy atom. The van der Waals surface area contributed by atoms with Crippen molar-refractivity contribution in [2.75, 3.05) is 19.6 Å². The zero-order chi connectivity index (χ0) is 24.5. The molecular weight excluding hydrogens is 436 g/mol. The minimum Gasteiger partial charge on any atom is -0.356 e. The predicted molar refractivity (Wildman–Crippen MR) is 140 cm³/mol. The molecule has 2 heterocycles. The van der Waals surface area contributed by atoms with Gasteiger partial charge in [0.1, 0.15) is 12.4 Å². The molecule has 1 fully saturated rings. The summed E-state index contributed by atoms with van der Waals surface area (Å²) in [5.74, 6) is 1.26. The van der Waals surface area contributed by atoms with Crippen LogP contribution in [0.1, 0.15) is 61.9 Å². The molecule has 1 aliphatic rings. The quantitative estimate of drug-likeness (QED) is 0.429. The van der Waals surface area contributed by atoms with E-state index in [0.717, 1.165) is 79.6 Å². The van der Waals surface area contributed by atoms with Gasteiger partial charge in [0.25, 0.3) is 0 Å². The number of para-hydroxylation sites is 2. The van der Waals surface area contributed by atoms with E-state index in [0.29, 0.717) is 19.5 Å². The van der Waals surface area contributed by atoms with Gasteiger partial charge in [0.05, 0.1) is 17.5 Å². The average Bonchev–Trinajstić information content (AvgIpc) is 3.01. The lowest BCUT2D eigenvalue weighted by Crippen LogP contribution is -2.34. The normalized spacial score (nSPS) is 14.1. The highest BCUT2D eigenvalue weighted by atomic mass is 16.2. The number of carbonyl (C=O) groups is 2. The first-order valence-corrected chi connectivity index (χ1v) is 13.1. The predicted octanol–water partition coefficient (Wildman–Crippen LogP) is 4.82. The van der Waals surface area contributed by atoms with Crippen molar-refractivity contribution in [1.29, 1.82) is 0 Å². The SMILES string of the molecule is Cc1ccccc1CC(=O)NCCCCCc1nc2ccccc2n1CC(=O)N1CCCCCC1. The van der Waals surface area contributed by atoms with Gasteiger partial charge in [-0.25, -0.2) is 4.98 Å². The standard InChI is InChI=1S/C29H38N4O2/c1-23-13-6-7-14-24(23)21-28(34)30-18-10-4-5-17-27-31-25-15-8-9-16-26(25)33(27)22-29(35)32-19-11-2-3-12-20-32/h6-9,13-16H,2-5,10-12,17-22H2,1H3,(H,30,34). The molecule has 186 valence electrons. The van der Waals surface area contributed by atoms with Crippen LogP contribution in [0.5, 0.6) is 0 Å². The highest BCUT2D eigenvalue weighted by molar-refractivity contribution is 5.81. The number of aromatic nitrogens is 2. The first kappa shape index (κ1) is 25.0. The topological polar surface area (TPSA) is 67.2 Å². The number of hydrogen-bond acceptors (Lipinski definition) is 3. The zero-order valence-corrected chi connectivity index (χ0v) is 21.0. The van der Waals surface area contributed by atoms with E-state index >= 15 is 0 Å². The van der Waals surface area contributed by atoms with Gasteiger partial charge in [-0.1, -0.05) is 55.7 Å². The van der Waals surface area contributed by atoms with Crippen LogP contribution in [0.25, 0.3) is 11.0 Å². The molecule has 35 heavy (non-hydrogen) atoms. The Morgan fingerprint density at radius 3 is 2.46 bits per heavy atom. The summed E-state index contributed by atoms with van der Waals surface area (Å²) in [5.41, 5.74) is 4.22. The first-order valence-electron chi connectivity index (χ1n) is 13.1. The van der Waals surface area contributed by atoms with Crippen LogP contribution in [-0.2, 0) is 29.0 Å². The van der Waals surface area contributed by atoms with Gasteiger partial charge in [-0.05, 0) is 55.9 Å². The minimum atomic E-state index is 0.0770. The van der Waals surface area contributed by atoms with Crippen molar-refractivity contribution in [2.24, 2.45) is 0 Å². The molecule has 0 unspecified atom stereocenters. The molecule has 0 radical (unpaired) electrons. The van der Waals surface area contributed by atoms with Crippen molar-refractivity contribution in [3.8, 4) is 0 Å². The molecule has 0 spiro atoms. The molecule has 0 atom stereocenters. The number of fused-ring (bicyclic) bond motifs is 1. The van der Waals surface area contributed by atoms with E-state index in [9.17, 15) is 9.59 Å². The Kier molecular flexibility index (Phi) is 8.93. The van der Waals surface area contributed by atoms with Crippen LogP contribution < -0.4 is 5.32 Å². The van der Waals surface area contributed by atoms with Crippen molar-refractivity contribution in [1.82, 2.24) is 19.8 Å². The largest absolute Gasteiger partial charge is 0.356 e. The maximum absolute atomic E-state index is 13.1. The Balaban J connectivity index is 1.27. The van der Waals surface area contributed by atoms with Crippen molar-refractivity contribution in [3.63, 3.8) is 0 Å². The molecule has 0 bridgehead atoms. The first-order chi connectivity index (χ1) is 17.1. The number of rotatable bonds is 10. The maximum Gasteiger partial charge on any atom is 0.242 e. The summed E-state index contributed by atoms with van der Waals surface area (Å²) >= 11 is 0. The lowest BCUT2D eigenvalue weighted by molar-refractivity contribution is -0.131. The molecule has 1 N–H and O–H groups in total. The highest BCUT2D eigenvalue weighted by Gasteiger charge is 2.19. The molecule has 2 aromatic carbocycles. The molecule has 6 nitrogen and oxygen atoms in total. The average molecular weight is 475 g/mol. The number of imidazole rings is 1. The monoisotopic (exact) mass is 474 g/mol. The van der Waals surface area contributed by atoms with Crippen molar-refractivity contribution < 1.29 is 9.59 Å². The number of unbranched alkanes of at least 4 members (excludes halogenated alkanes) is 2. The summed E-state index contributed by atoms with van der Waals surface area (Å²) in [4.78, 5) is 32.2. The lowest BCUT2D eigenvalue weighted by atomic mass is 10.1. The van der Waals surface area contributed by atoms with E-state index in [-0.39, 0.29) is 11.8 Å². The van der Waals surface area contributed by atoms with E-state index in [1.165, 1.54) is 12.8 Å². The number of carbonyl (C=O) groups excluding carboxylic acids is 2. The van der Waals surface area contributed by atoms with Gasteiger partial charge < -0.3 is 14.8 Å². The van der Waals surface area contributed by atoms with E-state index in [1.807, 2.05) is 54.3 Å². The molecule has 6 heteroatoms. The van der Waals surface area contributed by atoms with Crippen LogP contribution in [0, 0.1) is 6.92 Å². The van der Waals surface area contributed by atoms with Crippen molar-refractivity contribution in [2.45, 2.75) is 71.3 Å². The number of nitrogens with zero attached hydrogens (tertiary/aromatic N) is 3. The number of hydrogen-bond donors (Lipinski definition) is 1. The Labute approximate surface area is 208 Å². The van der Waals surface area contributed by atoms with Crippen LogP contribution in [0.2, 0.25) is 0 Å². The smallest absolute Gasteiger partial charge is 0.242 e. The fourth-order valence-corrected chi connectivity index (χ4v) is 4.90. The molecular formula is C29H38N4O2. The van der Waals surface area contributed by atoms with Gasteiger partial charge in [-0.15, -0.1) is 0 Å². The molecule has 0 saturated carbocycles. The molecule has 1 aromatic heterocycles. The molecule has 1 aliphatic heterocycles.